The predicted molar refractivity (Wildman–Crippen MR) is 98.4 cm³/mol. The number of rotatable bonds is 6. The van der Waals surface area contributed by atoms with Crippen LogP contribution in [0.15, 0.2) is 24.3 Å². The highest BCUT2D eigenvalue weighted by molar-refractivity contribution is 5.85. The topological polar surface area (TPSA) is 50.4 Å². The van der Waals surface area contributed by atoms with Gasteiger partial charge in [-0.1, -0.05) is 38.1 Å². The molecular formula is C19H29ClN2O2. The van der Waals surface area contributed by atoms with E-state index in [0.717, 1.165) is 13.0 Å². The zero-order valence-corrected chi connectivity index (χ0v) is 15.4. The van der Waals surface area contributed by atoms with Gasteiger partial charge in [-0.2, -0.15) is 0 Å². The van der Waals surface area contributed by atoms with Crippen LogP contribution in [0.2, 0.25) is 0 Å². The van der Waals surface area contributed by atoms with E-state index in [4.69, 9.17) is 4.74 Å². The van der Waals surface area contributed by atoms with Gasteiger partial charge in [-0.15, -0.1) is 12.4 Å². The first kappa shape index (κ1) is 19.2. The molecule has 134 valence electrons. The minimum atomic E-state index is -0.356. The summed E-state index contributed by atoms with van der Waals surface area (Å²) in [6.45, 7) is 6.51. The van der Waals surface area contributed by atoms with Crippen molar-refractivity contribution in [3.05, 3.63) is 35.4 Å². The zero-order chi connectivity index (χ0) is 16.2. The van der Waals surface area contributed by atoms with Gasteiger partial charge in [0.25, 0.3) is 5.91 Å². The minimum absolute atomic E-state index is 0. The quantitative estimate of drug-likeness (QED) is 0.827. The molecule has 24 heavy (non-hydrogen) atoms. The third-order valence-corrected chi connectivity index (χ3v) is 4.59. The Morgan fingerprint density at radius 3 is 2.54 bits per heavy atom. The fourth-order valence-corrected chi connectivity index (χ4v) is 3.22. The van der Waals surface area contributed by atoms with Crippen molar-refractivity contribution in [1.29, 1.82) is 0 Å². The molecule has 2 N–H and O–H groups in total. The van der Waals surface area contributed by atoms with E-state index in [0.29, 0.717) is 25.0 Å². The first-order chi connectivity index (χ1) is 11.1. The van der Waals surface area contributed by atoms with Gasteiger partial charge in [-0.05, 0) is 42.2 Å². The summed E-state index contributed by atoms with van der Waals surface area (Å²) in [7, 11) is 0. The summed E-state index contributed by atoms with van der Waals surface area (Å²) in [5.74, 6) is 1.25. The lowest BCUT2D eigenvalue weighted by Crippen LogP contribution is -2.48. The van der Waals surface area contributed by atoms with E-state index in [1.165, 1.54) is 24.0 Å². The highest BCUT2D eigenvalue weighted by atomic mass is 35.5. The van der Waals surface area contributed by atoms with Gasteiger partial charge in [0.05, 0.1) is 12.6 Å². The van der Waals surface area contributed by atoms with Crippen molar-refractivity contribution < 1.29 is 9.53 Å². The zero-order valence-electron chi connectivity index (χ0n) is 14.6. The average Bonchev–Trinajstić information content (AvgIpc) is 3.38. The van der Waals surface area contributed by atoms with E-state index in [9.17, 15) is 4.79 Å². The van der Waals surface area contributed by atoms with E-state index in [2.05, 4.69) is 48.7 Å². The Kier molecular flexibility index (Phi) is 7.08. The molecule has 2 atom stereocenters. The van der Waals surface area contributed by atoms with Gasteiger partial charge in [0, 0.05) is 13.1 Å². The standard InChI is InChI=1S/C19H28N2O2.ClH/c1-13(2)11-14-3-5-15(6-4-14)18(16-7-8-16)21-19(22)17-12-20-9-10-23-17;/h3-6,13,16-18,20H,7-12H2,1-2H3,(H,21,22);1H. The lowest BCUT2D eigenvalue weighted by Gasteiger charge is -2.26. The number of hydrogen-bond donors (Lipinski definition) is 2. The van der Waals surface area contributed by atoms with Gasteiger partial charge in [0.1, 0.15) is 6.10 Å². The molecule has 1 saturated carbocycles. The molecule has 1 aliphatic carbocycles. The molecule has 2 unspecified atom stereocenters. The second kappa shape index (κ2) is 8.84. The van der Waals surface area contributed by atoms with Crippen LogP contribution in [0, 0.1) is 11.8 Å². The number of ether oxygens (including phenoxy) is 1. The second-order valence-electron chi connectivity index (χ2n) is 7.23. The van der Waals surface area contributed by atoms with Crippen molar-refractivity contribution >= 4 is 18.3 Å². The molecule has 1 saturated heterocycles. The maximum absolute atomic E-state index is 12.5. The summed E-state index contributed by atoms with van der Waals surface area (Å²) in [6, 6.07) is 8.90. The summed E-state index contributed by atoms with van der Waals surface area (Å²) in [6.07, 6.45) is 3.14. The van der Waals surface area contributed by atoms with Crippen LogP contribution in [0.5, 0.6) is 0 Å². The van der Waals surface area contributed by atoms with Crippen molar-refractivity contribution in [3.8, 4) is 0 Å². The molecule has 0 spiro atoms. The molecule has 0 aromatic heterocycles. The third-order valence-electron chi connectivity index (χ3n) is 4.59. The number of carbonyl (C=O) groups is 1. The molecule has 3 rings (SSSR count). The smallest absolute Gasteiger partial charge is 0.250 e. The summed E-state index contributed by atoms with van der Waals surface area (Å²) >= 11 is 0. The lowest BCUT2D eigenvalue weighted by molar-refractivity contribution is -0.135. The van der Waals surface area contributed by atoms with Crippen molar-refractivity contribution in [2.24, 2.45) is 11.8 Å². The van der Waals surface area contributed by atoms with Crippen LogP contribution in [-0.2, 0) is 16.0 Å². The van der Waals surface area contributed by atoms with Crippen molar-refractivity contribution in [2.45, 2.75) is 45.3 Å². The SMILES string of the molecule is CC(C)Cc1ccc(C(NC(=O)C2CNCCO2)C2CC2)cc1.Cl. The van der Waals surface area contributed by atoms with Crippen molar-refractivity contribution in [2.75, 3.05) is 19.7 Å². The van der Waals surface area contributed by atoms with Crippen LogP contribution in [0.25, 0.3) is 0 Å². The van der Waals surface area contributed by atoms with Crippen molar-refractivity contribution in [3.63, 3.8) is 0 Å². The van der Waals surface area contributed by atoms with Crippen LogP contribution in [-0.4, -0.2) is 31.7 Å². The molecule has 1 aromatic carbocycles. The number of morpholine rings is 1. The van der Waals surface area contributed by atoms with Crippen LogP contribution in [0.3, 0.4) is 0 Å². The summed E-state index contributed by atoms with van der Waals surface area (Å²) in [5, 5.41) is 6.43. The van der Waals surface area contributed by atoms with Crippen LogP contribution in [0.1, 0.15) is 43.9 Å². The fourth-order valence-electron chi connectivity index (χ4n) is 3.22. The molecule has 1 amide bonds. The molecule has 1 heterocycles. The first-order valence-corrected chi connectivity index (χ1v) is 8.85. The number of benzene rings is 1. The van der Waals surface area contributed by atoms with Gasteiger partial charge >= 0.3 is 0 Å². The van der Waals surface area contributed by atoms with E-state index < -0.39 is 0 Å². The van der Waals surface area contributed by atoms with Gasteiger partial charge in [0.15, 0.2) is 0 Å². The Balaban J connectivity index is 0.00000208. The van der Waals surface area contributed by atoms with Gasteiger partial charge in [0.2, 0.25) is 0 Å². The maximum atomic E-state index is 12.5. The van der Waals surface area contributed by atoms with Crippen molar-refractivity contribution in [1.82, 2.24) is 10.6 Å². The van der Waals surface area contributed by atoms with Gasteiger partial charge < -0.3 is 15.4 Å². The normalized spacial score (nSPS) is 21.9. The molecule has 2 aliphatic rings. The number of hydrogen-bond acceptors (Lipinski definition) is 3. The fraction of sp³-hybridized carbons (Fsp3) is 0.632. The monoisotopic (exact) mass is 352 g/mol. The largest absolute Gasteiger partial charge is 0.366 e. The van der Waals surface area contributed by atoms with Crippen LogP contribution < -0.4 is 10.6 Å². The Morgan fingerprint density at radius 2 is 2.00 bits per heavy atom. The molecule has 2 fully saturated rings. The maximum Gasteiger partial charge on any atom is 0.250 e. The Hall–Kier alpha value is -1.10. The Labute approximate surface area is 151 Å². The van der Waals surface area contributed by atoms with Gasteiger partial charge in [-0.25, -0.2) is 0 Å². The predicted octanol–water partition coefficient (Wildman–Crippen LogP) is 2.86. The molecule has 4 nitrogen and oxygen atoms in total. The molecule has 0 radical (unpaired) electrons. The highest BCUT2D eigenvalue weighted by Gasteiger charge is 2.35. The molecular weight excluding hydrogens is 324 g/mol. The Bertz CT molecular complexity index is 523. The highest BCUT2D eigenvalue weighted by Crippen LogP contribution is 2.41. The molecule has 1 aromatic rings. The first-order valence-electron chi connectivity index (χ1n) is 8.85. The summed E-state index contributed by atoms with van der Waals surface area (Å²) < 4.78 is 5.56. The average molecular weight is 353 g/mol. The summed E-state index contributed by atoms with van der Waals surface area (Å²) in [4.78, 5) is 12.5. The third kappa shape index (κ3) is 5.20. The summed E-state index contributed by atoms with van der Waals surface area (Å²) in [5.41, 5.74) is 2.58. The van der Waals surface area contributed by atoms with Gasteiger partial charge in [-0.3, -0.25) is 4.79 Å². The molecule has 5 heteroatoms. The lowest BCUT2D eigenvalue weighted by atomic mass is 9.97. The second-order valence-corrected chi connectivity index (χ2v) is 7.23. The Morgan fingerprint density at radius 1 is 1.29 bits per heavy atom. The molecule has 1 aliphatic heterocycles. The van der Waals surface area contributed by atoms with E-state index in [1.807, 2.05) is 0 Å². The minimum Gasteiger partial charge on any atom is -0.366 e. The number of halogens is 1. The van der Waals surface area contributed by atoms with Crippen LogP contribution in [0.4, 0.5) is 0 Å². The number of amides is 1. The van der Waals surface area contributed by atoms with E-state index in [1.54, 1.807) is 0 Å². The molecule has 0 bridgehead atoms. The van der Waals surface area contributed by atoms with Crippen LogP contribution >= 0.6 is 12.4 Å². The number of carbonyl (C=O) groups excluding carboxylic acids is 1. The van der Waals surface area contributed by atoms with E-state index >= 15 is 0 Å². The number of nitrogens with one attached hydrogen (secondary N) is 2. The van der Waals surface area contributed by atoms with E-state index in [-0.39, 0.29) is 30.5 Å².